The molecule has 2 heterocycles. The van der Waals surface area contributed by atoms with Crippen LogP contribution in [0.15, 0.2) is 67.3 Å². The molecule has 7 atom stereocenters. The van der Waals surface area contributed by atoms with Gasteiger partial charge in [0.15, 0.2) is 16.6 Å². The molecule has 2 aliphatic heterocycles. The van der Waals surface area contributed by atoms with E-state index in [2.05, 4.69) is 100 Å². The van der Waals surface area contributed by atoms with Gasteiger partial charge in [0.05, 0.1) is 38.6 Å². The predicted octanol–water partition coefficient (Wildman–Crippen LogP) is 8.65. The molecule has 0 bridgehead atoms. The fourth-order valence-corrected chi connectivity index (χ4v) is 8.74. The first-order valence-corrected chi connectivity index (χ1v) is 24.2. The van der Waals surface area contributed by atoms with Gasteiger partial charge in [-0.2, -0.15) is 0 Å². The molecule has 278 valence electrons. The van der Waals surface area contributed by atoms with Crippen molar-refractivity contribution in [3.05, 3.63) is 72.8 Å². The summed E-state index contributed by atoms with van der Waals surface area (Å²) in [7, 11) is -3.26. The lowest BCUT2D eigenvalue weighted by Crippen LogP contribution is -2.60. The highest BCUT2D eigenvalue weighted by atomic mass is 28.4. The topological polar surface area (TPSA) is 67.9 Å². The standard InChI is InChI=1S/C40H65BO7Si2/c1-15-31-27-44-41(32-19-17-16-18-20-32)47-35(31)34(28-45-49(11,12)38(3,4)5)37(48-50(13,14)39(6,7)8)40(9)36(46-40)29(2)25-43-26-30-21-23-33(42-10)24-22-30/h15-24,29,31,34-37H,1,25-28H2,2-14H3/t29-,31-,34-,35+,36+,37-,40?/m0/s1. The van der Waals surface area contributed by atoms with E-state index < -0.39 is 29.4 Å². The molecule has 1 unspecified atom stereocenters. The van der Waals surface area contributed by atoms with Gasteiger partial charge in [0.1, 0.15) is 11.4 Å². The van der Waals surface area contributed by atoms with Crippen molar-refractivity contribution in [2.24, 2.45) is 17.8 Å². The van der Waals surface area contributed by atoms with Crippen LogP contribution in [0, 0.1) is 17.8 Å². The lowest BCUT2D eigenvalue weighted by molar-refractivity contribution is -0.0728. The molecule has 2 aromatic rings. The van der Waals surface area contributed by atoms with Gasteiger partial charge < -0.3 is 32.4 Å². The minimum Gasteiger partial charge on any atom is -0.497 e. The quantitative estimate of drug-likeness (QED) is 0.0976. The number of hydrogen-bond donors (Lipinski definition) is 0. The molecule has 2 saturated heterocycles. The van der Waals surface area contributed by atoms with Crippen LogP contribution in [0.4, 0.5) is 0 Å². The number of epoxide rings is 1. The van der Waals surface area contributed by atoms with Gasteiger partial charge in [-0.1, -0.05) is 97.0 Å². The van der Waals surface area contributed by atoms with Gasteiger partial charge >= 0.3 is 7.12 Å². The molecule has 0 spiro atoms. The lowest BCUT2D eigenvalue weighted by atomic mass is 9.73. The Hall–Kier alpha value is -1.76. The molecular weight excluding hydrogens is 659 g/mol. The number of methoxy groups -OCH3 is 1. The molecule has 4 rings (SSSR count). The van der Waals surface area contributed by atoms with Gasteiger partial charge in [0.25, 0.3) is 0 Å². The third kappa shape index (κ3) is 9.61. The summed E-state index contributed by atoms with van der Waals surface area (Å²) in [5.41, 5.74) is 1.55. The van der Waals surface area contributed by atoms with Crippen molar-refractivity contribution in [2.75, 3.05) is 26.9 Å². The molecule has 2 aliphatic rings. The maximum Gasteiger partial charge on any atom is 0.494 e. The Bertz CT molecular complexity index is 1370. The van der Waals surface area contributed by atoms with Gasteiger partial charge in [0.2, 0.25) is 0 Å². The van der Waals surface area contributed by atoms with E-state index in [0.29, 0.717) is 26.4 Å². The van der Waals surface area contributed by atoms with Crippen LogP contribution in [0.25, 0.3) is 0 Å². The summed E-state index contributed by atoms with van der Waals surface area (Å²) in [4.78, 5) is 0. The van der Waals surface area contributed by atoms with Gasteiger partial charge in [-0.15, -0.1) is 6.58 Å². The highest BCUT2D eigenvalue weighted by molar-refractivity contribution is 6.74. The van der Waals surface area contributed by atoms with E-state index in [1.165, 1.54) is 0 Å². The SMILES string of the molecule is C=C[C@H]1COB(c2ccccc2)O[C@H]1[C@H](CO[Si](C)(C)C(C)(C)C)[C@H](O[Si](C)(C)C(C)(C)C)C1(C)O[C@@H]1[C@@H](C)COCc1ccc(OC)cc1. The summed E-state index contributed by atoms with van der Waals surface area (Å²) in [5.74, 6) is 0.804. The van der Waals surface area contributed by atoms with Gasteiger partial charge in [-0.3, -0.25) is 0 Å². The first-order valence-electron chi connectivity index (χ1n) is 18.4. The van der Waals surface area contributed by atoms with Crippen molar-refractivity contribution in [1.29, 1.82) is 0 Å². The van der Waals surface area contributed by atoms with Crippen molar-refractivity contribution in [2.45, 2.75) is 122 Å². The number of hydrogen-bond acceptors (Lipinski definition) is 7. The van der Waals surface area contributed by atoms with Crippen LogP contribution in [0.3, 0.4) is 0 Å². The second-order valence-corrected chi connectivity index (χ2v) is 27.2. The van der Waals surface area contributed by atoms with Crippen molar-refractivity contribution in [3.63, 3.8) is 0 Å². The Morgan fingerprint density at radius 2 is 1.56 bits per heavy atom. The normalized spacial score (nSPS) is 25.1. The zero-order chi connectivity index (χ0) is 37.1. The zero-order valence-electron chi connectivity index (χ0n) is 33.2. The van der Waals surface area contributed by atoms with Gasteiger partial charge in [0, 0.05) is 31.0 Å². The Balaban J connectivity index is 1.68. The van der Waals surface area contributed by atoms with Gasteiger partial charge in [-0.05, 0) is 66.3 Å². The minimum absolute atomic E-state index is 0.00906. The Labute approximate surface area is 306 Å². The highest BCUT2D eigenvalue weighted by Crippen LogP contribution is 2.52. The molecule has 0 aromatic heterocycles. The third-order valence-electron chi connectivity index (χ3n) is 11.8. The summed E-state index contributed by atoms with van der Waals surface area (Å²) in [6.45, 7) is 33.8. The van der Waals surface area contributed by atoms with Crippen LogP contribution in [0.2, 0.25) is 36.3 Å². The van der Waals surface area contributed by atoms with E-state index in [1.807, 2.05) is 48.5 Å². The molecule has 10 heteroatoms. The second-order valence-electron chi connectivity index (χ2n) is 17.7. The largest absolute Gasteiger partial charge is 0.497 e. The monoisotopic (exact) mass is 724 g/mol. The van der Waals surface area contributed by atoms with E-state index >= 15 is 0 Å². The average Bonchev–Trinajstić information content (AvgIpc) is 3.76. The van der Waals surface area contributed by atoms with Crippen molar-refractivity contribution in [1.82, 2.24) is 0 Å². The molecule has 0 N–H and O–H groups in total. The fourth-order valence-electron chi connectivity index (χ4n) is 6.30. The molecule has 0 aliphatic carbocycles. The molecule has 0 saturated carbocycles. The second kappa shape index (κ2) is 16.1. The summed E-state index contributed by atoms with van der Waals surface area (Å²) >= 11 is 0. The van der Waals surface area contributed by atoms with E-state index in [1.54, 1.807) is 7.11 Å². The van der Waals surface area contributed by atoms with Crippen LogP contribution in [-0.4, -0.2) is 74.6 Å². The van der Waals surface area contributed by atoms with Crippen LogP contribution < -0.4 is 10.2 Å². The fraction of sp³-hybridized carbons (Fsp3) is 0.650. The van der Waals surface area contributed by atoms with E-state index in [4.69, 9.17) is 32.4 Å². The number of rotatable bonds is 16. The van der Waals surface area contributed by atoms with Crippen molar-refractivity contribution >= 4 is 29.2 Å². The smallest absolute Gasteiger partial charge is 0.494 e. The Kier molecular flexibility index (Phi) is 13.2. The van der Waals surface area contributed by atoms with Gasteiger partial charge in [-0.25, -0.2) is 0 Å². The van der Waals surface area contributed by atoms with Crippen molar-refractivity contribution in [3.8, 4) is 5.75 Å². The molecule has 50 heavy (non-hydrogen) atoms. The lowest BCUT2D eigenvalue weighted by Gasteiger charge is -2.48. The molecule has 0 radical (unpaired) electrons. The predicted molar refractivity (Wildman–Crippen MR) is 210 cm³/mol. The molecule has 2 fully saturated rings. The Morgan fingerprint density at radius 3 is 2.12 bits per heavy atom. The van der Waals surface area contributed by atoms with Crippen LogP contribution in [-0.2, 0) is 34.2 Å². The first-order chi connectivity index (χ1) is 23.2. The maximum atomic E-state index is 7.55. The van der Waals surface area contributed by atoms with Crippen LogP contribution in [0.5, 0.6) is 5.75 Å². The minimum atomic E-state index is -2.31. The summed E-state index contributed by atoms with van der Waals surface area (Å²) < 4.78 is 46.4. The first kappa shape index (κ1) is 41.0. The molecule has 7 nitrogen and oxygen atoms in total. The molecule has 2 aromatic carbocycles. The summed E-state index contributed by atoms with van der Waals surface area (Å²) in [5, 5.41) is 0.0391. The summed E-state index contributed by atoms with van der Waals surface area (Å²) in [6.07, 6.45) is 1.39. The number of benzene rings is 2. The zero-order valence-corrected chi connectivity index (χ0v) is 35.2. The molecule has 0 amide bonds. The van der Waals surface area contributed by atoms with E-state index in [0.717, 1.165) is 16.8 Å². The highest BCUT2D eigenvalue weighted by Gasteiger charge is 2.65. The van der Waals surface area contributed by atoms with Crippen LogP contribution >= 0.6 is 0 Å². The van der Waals surface area contributed by atoms with Crippen LogP contribution in [0.1, 0.15) is 61.0 Å². The number of ether oxygens (including phenoxy) is 3. The summed E-state index contributed by atoms with van der Waals surface area (Å²) in [6, 6.07) is 18.2. The molecular formula is C40H65BO7Si2. The van der Waals surface area contributed by atoms with E-state index in [9.17, 15) is 0 Å². The Morgan fingerprint density at radius 1 is 0.940 bits per heavy atom. The van der Waals surface area contributed by atoms with Crippen molar-refractivity contribution < 1.29 is 32.4 Å². The average molecular weight is 725 g/mol. The maximum absolute atomic E-state index is 7.55. The third-order valence-corrected chi connectivity index (χ3v) is 20.7. The van der Waals surface area contributed by atoms with E-state index in [-0.39, 0.29) is 46.1 Å².